The van der Waals surface area contributed by atoms with Crippen molar-refractivity contribution in [1.82, 2.24) is 4.90 Å². The third-order valence-electron chi connectivity index (χ3n) is 3.69. The minimum atomic E-state index is -0.204. The number of rotatable bonds is 5. The summed E-state index contributed by atoms with van der Waals surface area (Å²) < 4.78 is 11.1. The maximum absolute atomic E-state index is 12.0. The fourth-order valence-corrected chi connectivity index (χ4v) is 2.52. The Bertz CT molecular complexity index is 251. The lowest BCUT2D eigenvalue weighted by Crippen LogP contribution is -2.45. The van der Waals surface area contributed by atoms with Gasteiger partial charge in [0.05, 0.1) is 12.7 Å². The van der Waals surface area contributed by atoms with Crippen LogP contribution in [0.15, 0.2) is 0 Å². The van der Waals surface area contributed by atoms with Gasteiger partial charge >= 0.3 is 0 Å². The van der Waals surface area contributed by atoms with Gasteiger partial charge in [-0.15, -0.1) is 0 Å². The van der Waals surface area contributed by atoms with Crippen LogP contribution < -0.4 is 0 Å². The summed E-state index contributed by atoms with van der Waals surface area (Å²) in [6.07, 6.45) is 3.83. The molecule has 2 aliphatic heterocycles. The van der Waals surface area contributed by atoms with Gasteiger partial charge in [0.25, 0.3) is 0 Å². The van der Waals surface area contributed by atoms with Gasteiger partial charge in [-0.25, -0.2) is 0 Å². The largest absolute Gasteiger partial charge is 0.378 e. The highest BCUT2D eigenvalue weighted by molar-refractivity contribution is 5.83. The molecule has 2 rings (SSSR count). The number of ether oxygens (including phenoxy) is 2. The topological polar surface area (TPSA) is 38.8 Å². The lowest BCUT2D eigenvalue weighted by Gasteiger charge is -2.31. The Morgan fingerprint density at radius 2 is 2.24 bits per heavy atom. The fraction of sp³-hybridized carbons (Fsp3) is 0.923. The number of nitrogens with zero attached hydrogens (tertiary/aromatic N) is 1. The molecular formula is C13H23NO3. The van der Waals surface area contributed by atoms with Crippen molar-refractivity contribution < 1.29 is 14.3 Å². The van der Waals surface area contributed by atoms with Gasteiger partial charge in [-0.1, -0.05) is 6.92 Å². The molecule has 2 unspecified atom stereocenters. The zero-order valence-corrected chi connectivity index (χ0v) is 10.7. The molecule has 0 spiro atoms. The lowest BCUT2D eigenvalue weighted by atomic mass is 10.0. The summed E-state index contributed by atoms with van der Waals surface area (Å²) in [6.45, 7) is 6.39. The van der Waals surface area contributed by atoms with Crippen molar-refractivity contribution in [1.29, 1.82) is 0 Å². The number of ketones is 1. The molecule has 0 aromatic rings. The molecule has 2 atom stereocenters. The fourth-order valence-electron chi connectivity index (χ4n) is 2.52. The number of hydrogen-bond donors (Lipinski definition) is 0. The van der Waals surface area contributed by atoms with Gasteiger partial charge in [0, 0.05) is 26.1 Å². The van der Waals surface area contributed by atoms with Crippen LogP contribution in [0.1, 0.15) is 32.6 Å². The van der Waals surface area contributed by atoms with Crippen LogP contribution in [-0.2, 0) is 14.3 Å². The zero-order chi connectivity index (χ0) is 12.1. The summed E-state index contributed by atoms with van der Waals surface area (Å²) in [7, 11) is 0. The van der Waals surface area contributed by atoms with Crippen molar-refractivity contribution in [3.8, 4) is 0 Å². The van der Waals surface area contributed by atoms with E-state index in [1.165, 1.54) is 0 Å². The molecule has 2 aliphatic rings. The van der Waals surface area contributed by atoms with Crippen LogP contribution in [0.25, 0.3) is 0 Å². The summed E-state index contributed by atoms with van der Waals surface area (Å²) in [4.78, 5) is 14.3. The van der Waals surface area contributed by atoms with E-state index in [-0.39, 0.29) is 11.9 Å². The van der Waals surface area contributed by atoms with Gasteiger partial charge in [-0.2, -0.15) is 0 Å². The monoisotopic (exact) mass is 241 g/mol. The molecule has 98 valence electrons. The number of Topliss-reactive ketones (excluding diaryl/α,β-unsaturated/α-hetero) is 1. The van der Waals surface area contributed by atoms with Gasteiger partial charge in [0.1, 0.15) is 6.10 Å². The second kappa shape index (κ2) is 6.47. The molecule has 0 amide bonds. The number of likely N-dealkylation sites (N-methyl/N-ethyl adjacent to an activating group) is 1. The van der Waals surface area contributed by atoms with Crippen LogP contribution >= 0.6 is 0 Å². The minimum absolute atomic E-state index is 0.204. The Morgan fingerprint density at radius 3 is 2.94 bits per heavy atom. The van der Waals surface area contributed by atoms with E-state index in [1.807, 2.05) is 0 Å². The van der Waals surface area contributed by atoms with E-state index in [9.17, 15) is 4.79 Å². The first-order valence-corrected chi connectivity index (χ1v) is 6.78. The second-order valence-electron chi connectivity index (χ2n) is 4.89. The molecule has 2 saturated heterocycles. The Kier molecular flexibility index (Phi) is 4.95. The standard InChI is InChI=1S/C13H23NO3/c1-2-14-7-9-17-13(10-14)12(15)6-5-11-4-3-8-16-11/h11,13H,2-10H2,1H3. The van der Waals surface area contributed by atoms with E-state index < -0.39 is 0 Å². The van der Waals surface area contributed by atoms with Crippen LogP contribution in [0.5, 0.6) is 0 Å². The molecule has 0 radical (unpaired) electrons. The third-order valence-corrected chi connectivity index (χ3v) is 3.69. The van der Waals surface area contributed by atoms with E-state index in [4.69, 9.17) is 9.47 Å². The molecule has 2 fully saturated rings. The molecule has 0 saturated carbocycles. The molecular weight excluding hydrogens is 218 g/mol. The Morgan fingerprint density at radius 1 is 1.35 bits per heavy atom. The first kappa shape index (κ1) is 13.0. The summed E-state index contributed by atoms with van der Waals surface area (Å²) >= 11 is 0. The first-order chi connectivity index (χ1) is 8.29. The smallest absolute Gasteiger partial charge is 0.162 e. The SMILES string of the molecule is CCN1CCOC(C(=O)CCC2CCCO2)C1. The van der Waals surface area contributed by atoms with Crippen LogP contribution in [0.3, 0.4) is 0 Å². The van der Waals surface area contributed by atoms with Crippen molar-refractivity contribution in [2.24, 2.45) is 0 Å². The minimum Gasteiger partial charge on any atom is -0.378 e. The third kappa shape index (κ3) is 3.76. The van der Waals surface area contributed by atoms with Crippen LogP contribution in [0.4, 0.5) is 0 Å². The maximum Gasteiger partial charge on any atom is 0.162 e. The molecule has 0 aliphatic carbocycles. The number of hydrogen-bond acceptors (Lipinski definition) is 4. The highest BCUT2D eigenvalue weighted by Crippen LogP contribution is 2.18. The predicted octanol–water partition coefficient (Wildman–Crippen LogP) is 1.24. The van der Waals surface area contributed by atoms with E-state index in [0.717, 1.165) is 45.5 Å². The highest BCUT2D eigenvalue weighted by Gasteiger charge is 2.26. The van der Waals surface area contributed by atoms with Gasteiger partial charge < -0.3 is 9.47 Å². The Hall–Kier alpha value is -0.450. The van der Waals surface area contributed by atoms with Crippen LogP contribution in [-0.4, -0.2) is 55.7 Å². The molecule has 2 heterocycles. The first-order valence-electron chi connectivity index (χ1n) is 6.78. The van der Waals surface area contributed by atoms with Crippen molar-refractivity contribution in [2.45, 2.75) is 44.8 Å². The molecule has 0 N–H and O–H groups in total. The normalized spacial score (nSPS) is 30.6. The Labute approximate surface area is 103 Å². The molecule has 4 nitrogen and oxygen atoms in total. The summed E-state index contributed by atoms with van der Waals surface area (Å²) in [5.74, 6) is 0.249. The highest BCUT2D eigenvalue weighted by atomic mass is 16.5. The quantitative estimate of drug-likeness (QED) is 0.726. The van der Waals surface area contributed by atoms with Crippen molar-refractivity contribution in [2.75, 3.05) is 32.8 Å². The number of carbonyl (C=O) groups excluding carboxylic acids is 1. The van der Waals surface area contributed by atoms with Gasteiger partial charge in [0.2, 0.25) is 0 Å². The number of carbonyl (C=O) groups is 1. The van der Waals surface area contributed by atoms with E-state index in [1.54, 1.807) is 0 Å². The summed E-state index contributed by atoms with van der Waals surface area (Å²) in [5, 5.41) is 0. The maximum atomic E-state index is 12.0. The van der Waals surface area contributed by atoms with Gasteiger partial charge in [0.15, 0.2) is 5.78 Å². The Balaban J connectivity index is 1.71. The van der Waals surface area contributed by atoms with E-state index >= 15 is 0 Å². The lowest BCUT2D eigenvalue weighted by molar-refractivity contribution is -0.136. The zero-order valence-electron chi connectivity index (χ0n) is 10.7. The van der Waals surface area contributed by atoms with Gasteiger partial charge in [-0.3, -0.25) is 9.69 Å². The summed E-state index contributed by atoms with van der Waals surface area (Å²) in [6, 6.07) is 0. The predicted molar refractivity (Wildman–Crippen MR) is 65.1 cm³/mol. The van der Waals surface area contributed by atoms with Crippen molar-refractivity contribution in [3.63, 3.8) is 0 Å². The van der Waals surface area contributed by atoms with E-state index in [0.29, 0.717) is 19.1 Å². The van der Waals surface area contributed by atoms with Crippen molar-refractivity contribution >= 4 is 5.78 Å². The second-order valence-corrected chi connectivity index (χ2v) is 4.89. The summed E-state index contributed by atoms with van der Waals surface area (Å²) in [5.41, 5.74) is 0. The van der Waals surface area contributed by atoms with Gasteiger partial charge in [-0.05, 0) is 25.8 Å². The molecule has 0 aromatic heterocycles. The average molecular weight is 241 g/mol. The molecule has 0 bridgehead atoms. The molecule has 4 heteroatoms. The van der Waals surface area contributed by atoms with E-state index in [2.05, 4.69) is 11.8 Å². The number of morpholine rings is 1. The molecule has 0 aromatic carbocycles. The average Bonchev–Trinajstić information content (AvgIpc) is 2.89. The van der Waals surface area contributed by atoms with Crippen LogP contribution in [0, 0.1) is 0 Å². The molecule has 17 heavy (non-hydrogen) atoms. The van der Waals surface area contributed by atoms with Crippen molar-refractivity contribution in [3.05, 3.63) is 0 Å². The van der Waals surface area contributed by atoms with Crippen LogP contribution in [0.2, 0.25) is 0 Å².